The van der Waals surface area contributed by atoms with E-state index in [9.17, 15) is 0 Å². The lowest BCUT2D eigenvalue weighted by atomic mass is 9.99. The summed E-state index contributed by atoms with van der Waals surface area (Å²) in [5.41, 5.74) is 0. The van der Waals surface area contributed by atoms with Gasteiger partial charge in [-0.25, -0.2) is 0 Å². The van der Waals surface area contributed by atoms with Gasteiger partial charge in [-0.2, -0.15) is 0 Å². The van der Waals surface area contributed by atoms with Crippen molar-refractivity contribution in [3.8, 4) is 0 Å². The summed E-state index contributed by atoms with van der Waals surface area (Å²) in [6.07, 6.45) is 0. The van der Waals surface area contributed by atoms with Crippen LogP contribution in [0.4, 0.5) is 0 Å². The van der Waals surface area contributed by atoms with E-state index in [-0.39, 0.29) is 5.04 Å². The SMILES string of the molecule is [2H][Si](C)(C)C(C)(C)C(C)C. The number of hydrogen-bond acceptors (Lipinski definition) is 0. The van der Waals surface area contributed by atoms with E-state index in [0.29, 0.717) is 5.92 Å². The van der Waals surface area contributed by atoms with Crippen molar-refractivity contribution >= 4 is 8.73 Å². The highest BCUT2D eigenvalue weighted by Crippen LogP contribution is 2.36. The van der Waals surface area contributed by atoms with Crippen molar-refractivity contribution in [3.63, 3.8) is 0 Å². The zero-order valence-electron chi connectivity index (χ0n) is 8.58. The molecular formula is C8H20Si. The van der Waals surface area contributed by atoms with Crippen molar-refractivity contribution < 1.29 is 0 Å². The van der Waals surface area contributed by atoms with Crippen LogP contribution in [0.2, 0.25) is 18.1 Å². The lowest BCUT2D eigenvalue weighted by Gasteiger charge is -2.32. The summed E-state index contributed by atoms with van der Waals surface area (Å²) in [6, 6.07) is 0. The molecule has 9 heavy (non-hydrogen) atoms. The molecule has 0 saturated carbocycles. The Morgan fingerprint density at radius 2 is 1.67 bits per heavy atom. The van der Waals surface area contributed by atoms with Crippen molar-refractivity contribution in [2.24, 2.45) is 5.92 Å². The fraction of sp³-hybridized carbons (Fsp3) is 1.00. The van der Waals surface area contributed by atoms with Crippen LogP contribution in [0.3, 0.4) is 0 Å². The summed E-state index contributed by atoms with van der Waals surface area (Å²) in [5.74, 6) is 0.631. The molecule has 0 radical (unpaired) electrons. The van der Waals surface area contributed by atoms with Gasteiger partial charge in [0.15, 0.2) is 0 Å². The summed E-state index contributed by atoms with van der Waals surface area (Å²) in [6.45, 7) is 13.1. The Morgan fingerprint density at radius 1 is 1.33 bits per heavy atom. The first-order valence-corrected chi connectivity index (χ1v) is 6.19. The van der Waals surface area contributed by atoms with Crippen molar-refractivity contribution in [1.29, 1.82) is 1.23 Å². The Balaban J connectivity index is 4.40. The third-order valence-electron chi connectivity index (χ3n) is 2.73. The molecule has 0 atom stereocenters. The number of hydrogen-bond donors (Lipinski definition) is 0. The minimum absolute atomic E-state index is 0.243. The quantitative estimate of drug-likeness (QED) is 0.524. The Morgan fingerprint density at radius 3 is 1.67 bits per heavy atom. The first-order chi connectivity index (χ1) is 4.19. The third kappa shape index (κ3) is 2.13. The van der Waals surface area contributed by atoms with Crippen LogP contribution in [0.15, 0.2) is 0 Å². The number of rotatable bonds is 2. The third-order valence-corrected chi connectivity index (χ3v) is 5.89. The van der Waals surface area contributed by atoms with Gasteiger partial charge in [0.2, 0.25) is 0 Å². The second kappa shape index (κ2) is 2.87. The highest BCUT2D eigenvalue weighted by atomic mass is 28.3. The molecule has 0 heterocycles. The molecule has 0 spiro atoms. The zero-order chi connectivity index (χ0) is 8.58. The highest BCUT2D eigenvalue weighted by molar-refractivity contribution is 6.59. The molecule has 0 amide bonds. The summed E-state index contributed by atoms with van der Waals surface area (Å²) in [5, 5.41) is 0.243. The molecule has 0 fully saturated rings. The summed E-state index contributed by atoms with van der Waals surface area (Å²) < 4.78 is 8.00. The fourth-order valence-corrected chi connectivity index (χ4v) is 1.73. The molecule has 0 saturated heterocycles. The van der Waals surface area contributed by atoms with E-state index in [1.807, 2.05) is 0 Å². The Bertz CT molecular complexity index is 111. The fourth-order valence-electron chi connectivity index (χ4n) is 0.577. The second-order valence-electron chi connectivity index (χ2n) is 3.88. The zero-order valence-corrected chi connectivity index (χ0v) is 8.58. The van der Waals surface area contributed by atoms with Gasteiger partial charge >= 0.3 is 0 Å². The van der Waals surface area contributed by atoms with Gasteiger partial charge in [0.1, 0.15) is 0 Å². The monoisotopic (exact) mass is 145 g/mol. The average molecular weight is 145 g/mol. The van der Waals surface area contributed by atoms with Gasteiger partial charge in [0, 0.05) is 9.96 Å². The first-order valence-electron chi connectivity index (χ1n) is 4.19. The molecule has 56 valence electrons. The van der Waals surface area contributed by atoms with Crippen LogP contribution >= 0.6 is 0 Å². The lowest BCUT2D eigenvalue weighted by molar-refractivity contribution is 0.468. The maximum atomic E-state index is 8.00. The molecule has 0 aromatic carbocycles. The van der Waals surface area contributed by atoms with E-state index in [0.717, 1.165) is 0 Å². The largest absolute Gasteiger partial charge is 0.0718 e. The molecule has 0 aromatic heterocycles. The van der Waals surface area contributed by atoms with Crippen LogP contribution in [0, 0.1) is 5.92 Å². The van der Waals surface area contributed by atoms with Crippen LogP contribution in [-0.4, -0.2) is 9.96 Å². The second-order valence-corrected chi connectivity index (χ2v) is 7.17. The average Bonchev–Trinajstić information content (AvgIpc) is 1.62. The van der Waals surface area contributed by atoms with Gasteiger partial charge in [-0.05, 0) is 11.0 Å². The van der Waals surface area contributed by atoms with Gasteiger partial charge in [0.25, 0.3) is 0 Å². The van der Waals surface area contributed by atoms with Gasteiger partial charge in [0.05, 0.1) is 0 Å². The van der Waals surface area contributed by atoms with E-state index >= 15 is 0 Å². The van der Waals surface area contributed by atoms with Crippen LogP contribution in [-0.2, 0) is 0 Å². The van der Waals surface area contributed by atoms with Crippen molar-refractivity contribution in [3.05, 3.63) is 0 Å². The Hall–Kier alpha value is 0.217. The van der Waals surface area contributed by atoms with E-state index in [2.05, 4.69) is 40.8 Å². The smallest absolute Gasteiger partial charge is 0.0368 e. The summed E-state index contributed by atoms with van der Waals surface area (Å²) >= 11 is 0. The molecule has 0 N–H and O–H groups in total. The maximum Gasteiger partial charge on any atom is 0.0368 e. The molecular weight excluding hydrogens is 124 g/mol. The lowest BCUT2D eigenvalue weighted by Crippen LogP contribution is -2.26. The van der Waals surface area contributed by atoms with Crippen LogP contribution in [0.5, 0.6) is 0 Å². The van der Waals surface area contributed by atoms with Gasteiger partial charge in [-0.15, -0.1) is 0 Å². The van der Waals surface area contributed by atoms with Gasteiger partial charge < -0.3 is 0 Å². The molecule has 0 unspecified atom stereocenters. The normalized spacial score (nSPS) is 16.1. The molecule has 0 aliphatic rings. The molecule has 0 aromatic rings. The van der Waals surface area contributed by atoms with E-state index in [1.54, 1.807) is 0 Å². The highest BCUT2D eigenvalue weighted by Gasteiger charge is 2.26. The Kier molecular flexibility index (Phi) is 2.33. The topological polar surface area (TPSA) is 0 Å². The molecule has 0 nitrogen and oxygen atoms in total. The van der Waals surface area contributed by atoms with Crippen molar-refractivity contribution in [1.82, 2.24) is 0 Å². The van der Waals surface area contributed by atoms with Crippen LogP contribution < -0.4 is 0 Å². The minimum atomic E-state index is -1.70. The van der Waals surface area contributed by atoms with E-state index in [1.165, 1.54) is 0 Å². The predicted molar refractivity (Wildman–Crippen MR) is 47.8 cm³/mol. The van der Waals surface area contributed by atoms with Crippen molar-refractivity contribution in [2.75, 3.05) is 0 Å². The Labute approximate surface area is 62.5 Å². The van der Waals surface area contributed by atoms with Gasteiger partial charge in [-0.3, -0.25) is 0 Å². The molecule has 0 bridgehead atoms. The molecule has 0 aliphatic heterocycles. The predicted octanol–water partition coefficient (Wildman–Crippen LogP) is 2.91. The minimum Gasteiger partial charge on any atom is -0.0718 e. The molecule has 1 heteroatoms. The van der Waals surface area contributed by atoms with E-state index < -0.39 is 8.73 Å². The maximum absolute atomic E-state index is 8.00. The van der Waals surface area contributed by atoms with E-state index in [4.69, 9.17) is 1.23 Å². The van der Waals surface area contributed by atoms with Crippen molar-refractivity contribution in [2.45, 2.75) is 45.8 Å². The van der Waals surface area contributed by atoms with Crippen LogP contribution in [0.25, 0.3) is 0 Å². The standard InChI is InChI=1S/C8H20Si/c1-7(2)8(3,4)9(5)6/h7,9H,1-6H3/i9D. The first kappa shape index (κ1) is 7.33. The summed E-state index contributed by atoms with van der Waals surface area (Å²) in [7, 11) is -1.70. The molecule has 0 rings (SSSR count). The van der Waals surface area contributed by atoms with Crippen LogP contribution in [0.1, 0.15) is 27.7 Å². The molecule has 0 aliphatic carbocycles. The van der Waals surface area contributed by atoms with Gasteiger partial charge in [-0.1, -0.05) is 40.8 Å². The summed E-state index contributed by atoms with van der Waals surface area (Å²) in [4.78, 5) is 0.